The Morgan fingerprint density at radius 2 is 1.88 bits per heavy atom. The summed E-state index contributed by atoms with van der Waals surface area (Å²) in [6, 6.07) is 0. The maximum atomic E-state index is 13.2. The first-order chi connectivity index (χ1) is 11.2. The van der Waals surface area contributed by atoms with Gasteiger partial charge in [-0.1, -0.05) is 12.8 Å². The summed E-state index contributed by atoms with van der Waals surface area (Å²) in [6.07, 6.45) is 4.68. The van der Waals surface area contributed by atoms with Crippen LogP contribution in [0.1, 0.15) is 32.6 Å². The molecule has 0 aromatic carbocycles. The summed E-state index contributed by atoms with van der Waals surface area (Å²) >= 11 is 0. The van der Waals surface area contributed by atoms with Crippen LogP contribution in [0.2, 0.25) is 0 Å². The molecule has 2 amide bonds. The van der Waals surface area contributed by atoms with E-state index in [-0.39, 0.29) is 36.1 Å². The second-order valence-corrected chi connectivity index (χ2v) is 7.25. The summed E-state index contributed by atoms with van der Waals surface area (Å²) in [5, 5.41) is 6.30. The first-order valence-corrected chi connectivity index (χ1v) is 9.15. The number of hydrogen-bond acceptors (Lipinski definition) is 4. The second-order valence-electron chi connectivity index (χ2n) is 7.25. The van der Waals surface area contributed by atoms with Gasteiger partial charge in [0.1, 0.15) is 0 Å². The lowest BCUT2D eigenvalue weighted by molar-refractivity contribution is -0.147. The third-order valence-corrected chi connectivity index (χ3v) is 5.86. The Bertz CT molecular complexity index is 458. The smallest absolute Gasteiger partial charge is 0.234 e. The van der Waals surface area contributed by atoms with E-state index in [1.807, 2.05) is 6.92 Å². The molecule has 1 saturated carbocycles. The van der Waals surface area contributed by atoms with Crippen LogP contribution in [0.3, 0.4) is 0 Å². The van der Waals surface area contributed by atoms with Crippen molar-refractivity contribution in [2.45, 2.75) is 32.6 Å². The number of rotatable bonds is 4. The largest absolute Gasteiger partial charge is 0.355 e. The van der Waals surface area contributed by atoms with Crippen LogP contribution in [0.25, 0.3) is 0 Å². The highest BCUT2D eigenvalue weighted by atomic mass is 35.5. The Balaban J connectivity index is 0.00000156. The molecule has 6 nitrogen and oxygen atoms in total. The minimum Gasteiger partial charge on any atom is -0.355 e. The lowest BCUT2D eigenvalue weighted by Gasteiger charge is -2.43. The fraction of sp³-hybridized carbons (Fsp3) is 0.882. The highest BCUT2D eigenvalue weighted by Gasteiger charge is 2.51. The van der Waals surface area contributed by atoms with Gasteiger partial charge in [0.2, 0.25) is 11.8 Å². The fourth-order valence-corrected chi connectivity index (χ4v) is 4.55. The number of piperazine rings is 1. The Labute approximate surface area is 163 Å². The first-order valence-electron chi connectivity index (χ1n) is 9.15. The van der Waals surface area contributed by atoms with Crippen LogP contribution in [-0.4, -0.2) is 74.0 Å². The fourth-order valence-electron chi connectivity index (χ4n) is 4.55. The van der Waals surface area contributed by atoms with Crippen molar-refractivity contribution in [1.29, 1.82) is 0 Å². The van der Waals surface area contributed by atoms with E-state index in [9.17, 15) is 9.59 Å². The molecule has 3 rings (SSSR count). The standard InChI is InChI=1S/C17H30N4O2.2ClH/c1-2-19-15(22)12-20-7-9-21(10-8-20)16(23)17-6-4-3-5-14(17)11-18-13-17;;/h14,18H,2-13H2,1H3,(H,19,22);2*1H/t14-,17+;;/m0../s1. The Kier molecular flexibility index (Phi) is 8.95. The molecule has 0 aromatic rings. The minimum atomic E-state index is -0.139. The molecule has 0 unspecified atom stereocenters. The minimum absolute atomic E-state index is 0. The maximum Gasteiger partial charge on any atom is 0.234 e. The number of amides is 2. The van der Waals surface area contributed by atoms with Crippen molar-refractivity contribution >= 4 is 36.6 Å². The van der Waals surface area contributed by atoms with Gasteiger partial charge < -0.3 is 15.5 Å². The average molecular weight is 395 g/mol. The molecule has 0 bridgehead atoms. The molecular formula is C17H32Cl2N4O2. The van der Waals surface area contributed by atoms with E-state index in [1.165, 1.54) is 19.3 Å². The topological polar surface area (TPSA) is 64.7 Å². The van der Waals surface area contributed by atoms with Crippen LogP contribution in [0, 0.1) is 11.3 Å². The van der Waals surface area contributed by atoms with Gasteiger partial charge in [-0.25, -0.2) is 0 Å². The number of carbonyl (C=O) groups excluding carboxylic acids is 2. The van der Waals surface area contributed by atoms with Crippen molar-refractivity contribution in [3.63, 3.8) is 0 Å². The van der Waals surface area contributed by atoms with Gasteiger partial charge >= 0.3 is 0 Å². The predicted molar refractivity (Wildman–Crippen MR) is 103 cm³/mol. The van der Waals surface area contributed by atoms with Crippen LogP contribution in [0.4, 0.5) is 0 Å². The van der Waals surface area contributed by atoms with Crippen LogP contribution in [0.5, 0.6) is 0 Å². The van der Waals surface area contributed by atoms with Gasteiger partial charge in [0.05, 0.1) is 12.0 Å². The van der Waals surface area contributed by atoms with E-state index in [1.54, 1.807) is 0 Å². The highest BCUT2D eigenvalue weighted by Crippen LogP contribution is 2.45. The quantitative estimate of drug-likeness (QED) is 0.742. The van der Waals surface area contributed by atoms with Crippen LogP contribution >= 0.6 is 24.8 Å². The third-order valence-electron chi connectivity index (χ3n) is 5.86. The van der Waals surface area contributed by atoms with E-state index in [4.69, 9.17) is 0 Å². The monoisotopic (exact) mass is 394 g/mol. The van der Waals surface area contributed by atoms with Crippen molar-refractivity contribution in [3.05, 3.63) is 0 Å². The molecule has 2 atom stereocenters. The maximum absolute atomic E-state index is 13.2. The van der Waals surface area contributed by atoms with Crippen molar-refractivity contribution < 1.29 is 9.59 Å². The molecule has 0 radical (unpaired) electrons. The van der Waals surface area contributed by atoms with Gasteiger partial charge in [0, 0.05) is 39.3 Å². The highest BCUT2D eigenvalue weighted by molar-refractivity contribution is 5.86. The summed E-state index contributed by atoms with van der Waals surface area (Å²) in [6.45, 7) is 8.04. The third kappa shape index (κ3) is 4.79. The predicted octanol–water partition coefficient (Wildman–Crippen LogP) is 0.890. The molecule has 2 aliphatic heterocycles. The van der Waals surface area contributed by atoms with Gasteiger partial charge in [0.15, 0.2) is 0 Å². The van der Waals surface area contributed by atoms with E-state index in [0.29, 0.717) is 24.9 Å². The number of fused-ring (bicyclic) bond motifs is 1. The lowest BCUT2D eigenvalue weighted by Crippen LogP contribution is -2.56. The Morgan fingerprint density at radius 1 is 1.16 bits per heavy atom. The zero-order valence-corrected chi connectivity index (χ0v) is 16.7. The van der Waals surface area contributed by atoms with Crippen molar-refractivity contribution in [3.8, 4) is 0 Å². The van der Waals surface area contributed by atoms with E-state index in [2.05, 4.69) is 20.4 Å². The number of halogens is 2. The van der Waals surface area contributed by atoms with Crippen molar-refractivity contribution in [2.24, 2.45) is 11.3 Å². The summed E-state index contributed by atoms with van der Waals surface area (Å²) in [5.41, 5.74) is -0.139. The molecule has 2 N–H and O–H groups in total. The van der Waals surface area contributed by atoms with Gasteiger partial charge in [0.25, 0.3) is 0 Å². The van der Waals surface area contributed by atoms with Gasteiger partial charge in [-0.3, -0.25) is 14.5 Å². The van der Waals surface area contributed by atoms with Crippen molar-refractivity contribution in [2.75, 3.05) is 52.4 Å². The summed E-state index contributed by atoms with van der Waals surface area (Å²) in [5.74, 6) is 0.972. The lowest BCUT2D eigenvalue weighted by atomic mass is 9.67. The molecule has 2 saturated heterocycles. The average Bonchev–Trinajstić information content (AvgIpc) is 3.00. The molecule has 25 heavy (non-hydrogen) atoms. The van der Waals surface area contributed by atoms with E-state index in [0.717, 1.165) is 45.7 Å². The van der Waals surface area contributed by atoms with Gasteiger partial charge in [-0.05, 0) is 32.2 Å². The number of hydrogen-bond donors (Lipinski definition) is 2. The number of likely N-dealkylation sites (N-methyl/N-ethyl adjacent to an activating group) is 1. The van der Waals surface area contributed by atoms with Crippen LogP contribution in [-0.2, 0) is 9.59 Å². The van der Waals surface area contributed by atoms with E-state index < -0.39 is 0 Å². The summed E-state index contributed by atoms with van der Waals surface area (Å²) < 4.78 is 0. The molecule has 8 heteroatoms. The number of nitrogens with zero attached hydrogens (tertiary/aromatic N) is 2. The van der Waals surface area contributed by atoms with Crippen LogP contribution in [0.15, 0.2) is 0 Å². The normalized spacial score (nSPS) is 29.2. The number of nitrogens with one attached hydrogen (secondary N) is 2. The Hall–Kier alpha value is -0.560. The molecule has 146 valence electrons. The Morgan fingerprint density at radius 3 is 2.56 bits per heavy atom. The van der Waals surface area contributed by atoms with E-state index >= 15 is 0 Å². The zero-order valence-electron chi connectivity index (χ0n) is 15.1. The second kappa shape index (κ2) is 9.95. The van der Waals surface area contributed by atoms with Gasteiger partial charge in [-0.2, -0.15) is 0 Å². The number of carbonyl (C=O) groups is 2. The molecule has 0 spiro atoms. The van der Waals surface area contributed by atoms with Crippen molar-refractivity contribution in [1.82, 2.24) is 20.4 Å². The first kappa shape index (κ1) is 22.5. The molecule has 0 aromatic heterocycles. The van der Waals surface area contributed by atoms with Gasteiger partial charge in [-0.15, -0.1) is 24.8 Å². The summed E-state index contributed by atoms with van der Waals surface area (Å²) in [4.78, 5) is 29.1. The molecule has 3 fully saturated rings. The molecule has 2 heterocycles. The SMILES string of the molecule is CCNC(=O)CN1CCN(C(=O)[C@@]23CCCC[C@H]2CNC3)CC1.Cl.Cl. The zero-order chi connectivity index (χ0) is 16.3. The summed E-state index contributed by atoms with van der Waals surface area (Å²) in [7, 11) is 0. The van der Waals surface area contributed by atoms with Crippen LogP contribution < -0.4 is 10.6 Å². The molecule has 3 aliphatic rings. The molecular weight excluding hydrogens is 363 g/mol. The molecule has 1 aliphatic carbocycles.